The van der Waals surface area contributed by atoms with E-state index in [-0.39, 0.29) is 5.41 Å². The first-order valence-corrected chi connectivity index (χ1v) is 6.56. The summed E-state index contributed by atoms with van der Waals surface area (Å²) in [6.45, 7) is 19.9. The van der Waals surface area contributed by atoms with E-state index in [1.807, 2.05) is 0 Å². The van der Waals surface area contributed by atoms with Crippen molar-refractivity contribution in [1.29, 1.82) is 0 Å². The van der Waals surface area contributed by atoms with Crippen molar-refractivity contribution in [2.24, 2.45) is 10.8 Å². The van der Waals surface area contributed by atoms with Crippen LogP contribution in [0, 0.1) is 10.8 Å². The van der Waals surface area contributed by atoms with E-state index in [4.69, 9.17) is 0 Å². The summed E-state index contributed by atoms with van der Waals surface area (Å²) in [5.74, 6) is 0. The number of hydrogen-bond donors (Lipinski definition) is 0. The largest absolute Gasteiger partial charge is 0.372 e. The third-order valence-electron chi connectivity index (χ3n) is 3.41. The van der Waals surface area contributed by atoms with Gasteiger partial charge in [0.05, 0.1) is 0 Å². The van der Waals surface area contributed by atoms with E-state index >= 15 is 0 Å². The van der Waals surface area contributed by atoms with Crippen molar-refractivity contribution in [2.45, 2.75) is 67.9 Å². The van der Waals surface area contributed by atoms with E-state index in [0.29, 0.717) is 11.5 Å². The highest BCUT2D eigenvalue weighted by molar-refractivity contribution is 5.28. The minimum atomic E-state index is 0.267. The summed E-state index contributed by atoms with van der Waals surface area (Å²) in [5.41, 5.74) is 3.83. The van der Waals surface area contributed by atoms with Crippen LogP contribution in [0.4, 0.5) is 0 Å². The maximum absolute atomic E-state index is 2.60. The second kappa shape index (κ2) is 4.09. The lowest BCUT2D eigenvalue weighted by Gasteiger charge is -2.37. The molecule has 0 saturated carbocycles. The van der Waals surface area contributed by atoms with Crippen LogP contribution >= 0.6 is 0 Å². The third-order valence-corrected chi connectivity index (χ3v) is 3.41. The number of nitrogens with zero attached hydrogens (tertiary/aromatic N) is 1. The Labute approximate surface area is 102 Å². The second-order valence-electron chi connectivity index (χ2n) is 7.36. The Bertz CT molecular complexity index is 284. The van der Waals surface area contributed by atoms with Gasteiger partial charge in [-0.2, -0.15) is 0 Å². The molecule has 0 aromatic heterocycles. The molecular weight excluding hydrogens is 194 g/mol. The topological polar surface area (TPSA) is 3.24 Å². The summed E-state index contributed by atoms with van der Waals surface area (Å²) in [5, 5.41) is 0. The first-order valence-electron chi connectivity index (χ1n) is 6.56. The average Bonchev–Trinajstić information content (AvgIpc) is 2.43. The Morgan fingerprint density at radius 3 is 1.75 bits per heavy atom. The van der Waals surface area contributed by atoms with E-state index in [1.54, 1.807) is 11.3 Å². The lowest BCUT2D eigenvalue weighted by molar-refractivity contribution is 0.246. The van der Waals surface area contributed by atoms with Crippen LogP contribution in [0.2, 0.25) is 0 Å². The van der Waals surface area contributed by atoms with Gasteiger partial charge in [0.25, 0.3) is 0 Å². The molecule has 0 aromatic rings. The fraction of sp³-hybridized carbons (Fsp3) is 0.867. The van der Waals surface area contributed by atoms with Crippen molar-refractivity contribution in [2.75, 3.05) is 6.54 Å². The van der Waals surface area contributed by atoms with Gasteiger partial charge in [-0.3, -0.25) is 0 Å². The number of hydrogen-bond acceptors (Lipinski definition) is 1. The lowest BCUT2D eigenvalue weighted by Crippen LogP contribution is -2.33. The predicted molar refractivity (Wildman–Crippen MR) is 72.4 cm³/mol. The van der Waals surface area contributed by atoms with Crippen LogP contribution in [-0.2, 0) is 0 Å². The van der Waals surface area contributed by atoms with Crippen molar-refractivity contribution in [3.8, 4) is 0 Å². The van der Waals surface area contributed by atoms with Crippen LogP contribution < -0.4 is 0 Å². The van der Waals surface area contributed by atoms with Crippen molar-refractivity contribution in [3.05, 3.63) is 11.3 Å². The van der Waals surface area contributed by atoms with Crippen molar-refractivity contribution in [3.63, 3.8) is 0 Å². The average molecular weight is 223 g/mol. The minimum Gasteiger partial charge on any atom is -0.372 e. The van der Waals surface area contributed by atoms with Gasteiger partial charge in [-0.25, -0.2) is 0 Å². The number of allylic oxidation sites excluding steroid dienone is 1. The van der Waals surface area contributed by atoms with E-state index in [1.165, 1.54) is 13.0 Å². The summed E-state index contributed by atoms with van der Waals surface area (Å²) in [7, 11) is 0. The SMILES string of the molecule is CC(C)N1CCC(C(C)(C)C)=C1C(C)(C)C. The Balaban J connectivity index is 3.23. The van der Waals surface area contributed by atoms with Crippen LogP contribution in [-0.4, -0.2) is 17.5 Å². The molecule has 0 spiro atoms. The van der Waals surface area contributed by atoms with Crippen LogP contribution in [0.25, 0.3) is 0 Å². The molecule has 0 radical (unpaired) electrons. The smallest absolute Gasteiger partial charge is 0.0230 e. The molecule has 1 aliphatic rings. The van der Waals surface area contributed by atoms with E-state index in [2.05, 4.69) is 60.3 Å². The van der Waals surface area contributed by atoms with Gasteiger partial charge in [0.15, 0.2) is 0 Å². The van der Waals surface area contributed by atoms with E-state index in [9.17, 15) is 0 Å². The Morgan fingerprint density at radius 1 is 0.938 bits per heavy atom. The van der Waals surface area contributed by atoms with Gasteiger partial charge < -0.3 is 4.90 Å². The molecule has 0 aromatic carbocycles. The van der Waals surface area contributed by atoms with Crippen molar-refractivity contribution >= 4 is 0 Å². The summed E-state index contributed by atoms with van der Waals surface area (Å²) in [6, 6.07) is 0.620. The van der Waals surface area contributed by atoms with Gasteiger partial charge in [0, 0.05) is 23.7 Å². The Morgan fingerprint density at radius 2 is 1.44 bits per heavy atom. The second-order valence-corrected chi connectivity index (χ2v) is 7.36. The quantitative estimate of drug-likeness (QED) is 0.635. The molecule has 0 saturated heterocycles. The predicted octanol–water partition coefficient (Wildman–Crippen LogP) is 4.45. The molecule has 0 amide bonds. The molecule has 1 heteroatoms. The molecule has 0 fully saturated rings. The molecule has 0 atom stereocenters. The standard InChI is InChI=1S/C15H29N/c1-11(2)16-10-9-12(14(3,4)5)13(16)15(6,7)8/h11H,9-10H2,1-8H3. The van der Waals surface area contributed by atoms with Gasteiger partial charge in [-0.05, 0) is 31.3 Å². The van der Waals surface area contributed by atoms with Gasteiger partial charge >= 0.3 is 0 Å². The summed E-state index contributed by atoms with van der Waals surface area (Å²) < 4.78 is 0. The highest BCUT2D eigenvalue weighted by atomic mass is 15.2. The molecule has 16 heavy (non-hydrogen) atoms. The summed E-state index contributed by atoms with van der Waals surface area (Å²) in [4.78, 5) is 2.60. The zero-order valence-corrected chi connectivity index (χ0v) is 12.4. The zero-order valence-electron chi connectivity index (χ0n) is 12.4. The monoisotopic (exact) mass is 223 g/mol. The molecule has 94 valence electrons. The third kappa shape index (κ3) is 2.61. The van der Waals surface area contributed by atoms with Crippen LogP contribution in [0.3, 0.4) is 0 Å². The molecule has 0 bridgehead atoms. The fourth-order valence-electron chi connectivity index (χ4n) is 2.77. The van der Waals surface area contributed by atoms with Gasteiger partial charge in [0.1, 0.15) is 0 Å². The number of rotatable bonds is 1. The van der Waals surface area contributed by atoms with Crippen molar-refractivity contribution < 1.29 is 0 Å². The molecule has 1 heterocycles. The first kappa shape index (κ1) is 13.6. The van der Waals surface area contributed by atoms with Crippen LogP contribution in [0.5, 0.6) is 0 Å². The minimum absolute atomic E-state index is 0.267. The molecular formula is C15H29N. The molecule has 0 aliphatic carbocycles. The van der Waals surface area contributed by atoms with Gasteiger partial charge in [-0.15, -0.1) is 0 Å². The van der Waals surface area contributed by atoms with E-state index < -0.39 is 0 Å². The molecule has 0 N–H and O–H groups in total. The van der Waals surface area contributed by atoms with Gasteiger partial charge in [0.2, 0.25) is 0 Å². The van der Waals surface area contributed by atoms with Gasteiger partial charge in [-0.1, -0.05) is 41.5 Å². The highest BCUT2D eigenvalue weighted by Crippen LogP contribution is 2.44. The van der Waals surface area contributed by atoms with Crippen molar-refractivity contribution in [1.82, 2.24) is 4.90 Å². The molecule has 0 unspecified atom stereocenters. The normalized spacial score (nSPS) is 18.9. The fourth-order valence-corrected chi connectivity index (χ4v) is 2.77. The maximum atomic E-state index is 2.60. The van der Waals surface area contributed by atoms with Crippen LogP contribution in [0.15, 0.2) is 11.3 Å². The maximum Gasteiger partial charge on any atom is 0.0230 e. The highest BCUT2D eigenvalue weighted by Gasteiger charge is 2.36. The van der Waals surface area contributed by atoms with E-state index in [0.717, 1.165) is 0 Å². The molecule has 1 nitrogen and oxygen atoms in total. The summed E-state index contributed by atoms with van der Waals surface area (Å²) in [6.07, 6.45) is 1.24. The first-order chi connectivity index (χ1) is 7.05. The van der Waals surface area contributed by atoms with Crippen LogP contribution in [0.1, 0.15) is 61.8 Å². The Kier molecular flexibility index (Phi) is 3.47. The zero-order chi connectivity index (χ0) is 12.7. The lowest BCUT2D eigenvalue weighted by atomic mass is 9.78. The molecule has 1 aliphatic heterocycles. The molecule has 1 rings (SSSR count). The summed E-state index contributed by atoms with van der Waals surface area (Å²) >= 11 is 0. The Hall–Kier alpha value is -0.460.